The largest absolute Gasteiger partial charge is 0.384 e. The number of imidazole rings is 1. The van der Waals surface area contributed by atoms with Gasteiger partial charge in [0.1, 0.15) is 5.82 Å². The summed E-state index contributed by atoms with van der Waals surface area (Å²) in [6.07, 6.45) is 1.63. The average Bonchev–Trinajstić information content (AvgIpc) is 2.39. The molecule has 2 N–H and O–H groups in total. The normalized spacial score (nSPS) is 11.5. The molecule has 0 aliphatic carbocycles. The molecule has 0 saturated heterocycles. The highest BCUT2D eigenvalue weighted by Crippen LogP contribution is 2.16. The van der Waals surface area contributed by atoms with Crippen LogP contribution in [0.2, 0.25) is 0 Å². The van der Waals surface area contributed by atoms with E-state index >= 15 is 0 Å². The van der Waals surface area contributed by atoms with Crippen molar-refractivity contribution in [3.8, 4) is 0 Å². The first-order chi connectivity index (χ1) is 7.02. The molecule has 80 valence electrons. The summed E-state index contributed by atoms with van der Waals surface area (Å²) in [6, 6.07) is 1.85. The van der Waals surface area contributed by atoms with Gasteiger partial charge in [0.2, 0.25) is 0 Å². The zero-order valence-corrected chi connectivity index (χ0v) is 9.06. The summed E-state index contributed by atoms with van der Waals surface area (Å²) in [7, 11) is 1.74. The van der Waals surface area contributed by atoms with Crippen molar-refractivity contribution in [3.63, 3.8) is 0 Å². The predicted molar refractivity (Wildman–Crippen MR) is 59.8 cm³/mol. The first-order valence-electron chi connectivity index (χ1n) is 4.85. The number of hydrogen-bond acceptors (Lipinski definition) is 3. The van der Waals surface area contributed by atoms with Crippen LogP contribution in [-0.4, -0.2) is 14.1 Å². The fourth-order valence-electron chi connectivity index (χ4n) is 1.77. The number of hydrogen-bond donors (Lipinski definition) is 1. The second-order valence-electron chi connectivity index (χ2n) is 3.90. The standard InChI is InChI=1S/C10H14N4O/c1-6(2)14-7-4-9(11)12-5-8(7)13(3)10(14)15/h4-6H,1-3H3,(H2,11,12). The molecule has 5 heteroatoms. The second-order valence-corrected chi connectivity index (χ2v) is 3.90. The highest BCUT2D eigenvalue weighted by atomic mass is 16.1. The molecule has 2 heterocycles. The van der Waals surface area contributed by atoms with Gasteiger partial charge in [-0.2, -0.15) is 0 Å². The van der Waals surface area contributed by atoms with E-state index in [2.05, 4.69) is 4.98 Å². The molecule has 0 amide bonds. The Morgan fingerprint density at radius 2 is 2.07 bits per heavy atom. The highest BCUT2D eigenvalue weighted by Gasteiger charge is 2.13. The van der Waals surface area contributed by atoms with Crippen LogP contribution < -0.4 is 11.4 Å². The summed E-state index contributed by atoms with van der Waals surface area (Å²) in [4.78, 5) is 15.9. The van der Waals surface area contributed by atoms with Crippen molar-refractivity contribution < 1.29 is 0 Å². The van der Waals surface area contributed by atoms with Gasteiger partial charge in [0, 0.05) is 19.2 Å². The van der Waals surface area contributed by atoms with Crippen LogP contribution in [0.5, 0.6) is 0 Å². The van der Waals surface area contributed by atoms with Gasteiger partial charge in [0.25, 0.3) is 0 Å². The van der Waals surface area contributed by atoms with Crippen molar-refractivity contribution in [2.45, 2.75) is 19.9 Å². The number of aromatic nitrogens is 3. The minimum Gasteiger partial charge on any atom is -0.384 e. The third-order valence-corrected chi connectivity index (χ3v) is 2.51. The van der Waals surface area contributed by atoms with Crippen molar-refractivity contribution >= 4 is 16.9 Å². The van der Waals surface area contributed by atoms with Crippen molar-refractivity contribution in [3.05, 3.63) is 22.7 Å². The molecule has 2 aromatic heterocycles. The molecule has 0 fully saturated rings. The maximum Gasteiger partial charge on any atom is 0.329 e. The summed E-state index contributed by atoms with van der Waals surface area (Å²) in [6.45, 7) is 3.94. The Labute approximate surface area is 87.1 Å². The second kappa shape index (κ2) is 3.12. The SMILES string of the molecule is CC(C)n1c(=O)n(C)c2cnc(N)cc21. The Balaban J connectivity index is 2.95. The summed E-state index contributed by atoms with van der Waals surface area (Å²) in [5, 5.41) is 0. The van der Waals surface area contributed by atoms with Gasteiger partial charge in [0.05, 0.1) is 17.2 Å². The molecular formula is C10H14N4O. The van der Waals surface area contributed by atoms with Crippen LogP contribution in [0.4, 0.5) is 5.82 Å². The zero-order valence-electron chi connectivity index (χ0n) is 9.06. The van der Waals surface area contributed by atoms with Crippen molar-refractivity contribution in [1.82, 2.24) is 14.1 Å². The molecule has 0 atom stereocenters. The lowest BCUT2D eigenvalue weighted by Crippen LogP contribution is -2.23. The van der Waals surface area contributed by atoms with Crippen LogP contribution in [0.3, 0.4) is 0 Å². The number of aryl methyl sites for hydroxylation is 1. The molecule has 0 spiro atoms. The summed E-state index contributed by atoms with van der Waals surface area (Å²) >= 11 is 0. The fraction of sp³-hybridized carbons (Fsp3) is 0.400. The van der Waals surface area contributed by atoms with E-state index in [1.807, 2.05) is 13.8 Å². The molecule has 0 unspecified atom stereocenters. The van der Waals surface area contributed by atoms with E-state index in [1.54, 1.807) is 28.4 Å². The van der Waals surface area contributed by atoms with Crippen LogP contribution >= 0.6 is 0 Å². The third-order valence-electron chi connectivity index (χ3n) is 2.51. The van der Waals surface area contributed by atoms with Gasteiger partial charge in [-0.25, -0.2) is 9.78 Å². The van der Waals surface area contributed by atoms with Crippen LogP contribution in [0.25, 0.3) is 11.0 Å². The molecule has 2 aromatic rings. The lowest BCUT2D eigenvalue weighted by molar-refractivity contribution is 0.583. The number of nitrogens with zero attached hydrogens (tertiary/aromatic N) is 3. The lowest BCUT2D eigenvalue weighted by Gasteiger charge is -2.06. The predicted octanol–water partition coefficient (Wildman–Crippen LogP) is 0.898. The molecule has 0 radical (unpaired) electrons. The summed E-state index contributed by atoms with van der Waals surface area (Å²) < 4.78 is 3.30. The van der Waals surface area contributed by atoms with Gasteiger partial charge in [-0.05, 0) is 13.8 Å². The first kappa shape index (κ1) is 9.76. The quantitative estimate of drug-likeness (QED) is 0.753. The Hall–Kier alpha value is -1.78. The van der Waals surface area contributed by atoms with Crippen molar-refractivity contribution in [2.24, 2.45) is 7.05 Å². The van der Waals surface area contributed by atoms with E-state index in [-0.39, 0.29) is 11.7 Å². The lowest BCUT2D eigenvalue weighted by atomic mass is 10.3. The van der Waals surface area contributed by atoms with Crippen LogP contribution in [0, 0.1) is 0 Å². The topological polar surface area (TPSA) is 65.8 Å². The van der Waals surface area contributed by atoms with Crippen molar-refractivity contribution in [1.29, 1.82) is 0 Å². The number of fused-ring (bicyclic) bond motifs is 1. The monoisotopic (exact) mass is 206 g/mol. The fourth-order valence-corrected chi connectivity index (χ4v) is 1.77. The summed E-state index contributed by atoms with van der Waals surface area (Å²) in [5.41, 5.74) is 7.23. The number of nitrogens with two attached hydrogens (primary N) is 1. The molecular weight excluding hydrogens is 192 g/mol. The zero-order chi connectivity index (χ0) is 11.2. The Morgan fingerprint density at radius 3 is 2.67 bits per heavy atom. The maximum atomic E-state index is 11.9. The number of pyridine rings is 1. The van der Waals surface area contributed by atoms with Crippen LogP contribution in [-0.2, 0) is 7.05 Å². The van der Waals surface area contributed by atoms with Gasteiger partial charge in [-0.3, -0.25) is 9.13 Å². The van der Waals surface area contributed by atoms with E-state index < -0.39 is 0 Å². The molecule has 0 saturated carbocycles. The molecule has 0 aliphatic rings. The molecule has 0 aromatic carbocycles. The Morgan fingerprint density at radius 1 is 1.40 bits per heavy atom. The number of anilines is 1. The third kappa shape index (κ3) is 1.31. The number of nitrogen functional groups attached to an aromatic ring is 1. The molecule has 2 rings (SSSR count). The minimum atomic E-state index is -0.0348. The van der Waals surface area contributed by atoms with Gasteiger partial charge in [-0.15, -0.1) is 0 Å². The van der Waals surface area contributed by atoms with E-state index in [0.29, 0.717) is 5.82 Å². The van der Waals surface area contributed by atoms with Gasteiger partial charge in [0.15, 0.2) is 0 Å². The minimum absolute atomic E-state index is 0.0348. The van der Waals surface area contributed by atoms with E-state index in [4.69, 9.17) is 5.73 Å². The van der Waals surface area contributed by atoms with Gasteiger partial charge in [-0.1, -0.05) is 0 Å². The van der Waals surface area contributed by atoms with Crippen LogP contribution in [0.1, 0.15) is 19.9 Å². The molecule has 0 aliphatic heterocycles. The molecule has 0 bridgehead atoms. The first-order valence-corrected chi connectivity index (χ1v) is 4.85. The van der Waals surface area contributed by atoms with E-state index in [0.717, 1.165) is 11.0 Å². The molecule has 15 heavy (non-hydrogen) atoms. The van der Waals surface area contributed by atoms with E-state index in [9.17, 15) is 4.79 Å². The highest BCUT2D eigenvalue weighted by molar-refractivity contribution is 5.77. The average molecular weight is 206 g/mol. The Bertz CT molecular complexity index is 565. The van der Waals surface area contributed by atoms with Crippen LogP contribution in [0.15, 0.2) is 17.1 Å². The molecule has 5 nitrogen and oxygen atoms in total. The summed E-state index contributed by atoms with van der Waals surface area (Å²) in [5.74, 6) is 0.433. The smallest absolute Gasteiger partial charge is 0.329 e. The van der Waals surface area contributed by atoms with E-state index in [1.165, 1.54) is 0 Å². The maximum absolute atomic E-state index is 11.9. The number of rotatable bonds is 1. The van der Waals surface area contributed by atoms with Gasteiger partial charge >= 0.3 is 5.69 Å². The van der Waals surface area contributed by atoms with Gasteiger partial charge < -0.3 is 5.73 Å². The Kier molecular flexibility index (Phi) is 2.03. The van der Waals surface area contributed by atoms with Crippen molar-refractivity contribution in [2.75, 3.05) is 5.73 Å².